The van der Waals surface area contributed by atoms with Gasteiger partial charge in [0.15, 0.2) is 0 Å². The van der Waals surface area contributed by atoms with E-state index in [1.54, 1.807) is 0 Å². The van der Waals surface area contributed by atoms with E-state index < -0.39 is 0 Å². The molecule has 1 saturated carbocycles. The van der Waals surface area contributed by atoms with Crippen LogP contribution in [-0.4, -0.2) is 5.78 Å². The van der Waals surface area contributed by atoms with Crippen LogP contribution < -0.4 is 0 Å². The van der Waals surface area contributed by atoms with Crippen LogP contribution in [0.5, 0.6) is 0 Å². The van der Waals surface area contributed by atoms with Gasteiger partial charge >= 0.3 is 0 Å². The molecule has 0 amide bonds. The summed E-state index contributed by atoms with van der Waals surface area (Å²) in [6, 6.07) is 0. The second-order valence-electron chi connectivity index (χ2n) is 4.94. The molecule has 13 heavy (non-hydrogen) atoms. The van der Waals surface area contributed by atoms with E-state index in [2.05, 4.69) is 26.8 Å². The average molecular weight is 178 g/mol. The molecule has 0 N–H and O–H groups in total. The van der Waals surface area contributed by atoms with E-state index in [1.807, 2.05) is 0 Å². The van der Waals surface area contributed by atoms with Crippen molar-refractivity contribution in [3.05, 3.63) is 11.6 Å². The molecule has 3 unspecified atom stereocenters. The maximum atomic E-state index is 12.1. The molecular weight excluding hydrogens is 160 g/mol. The van der Waals surface area contributed by atoms with Crippen LogP contribution in [0, 0.1) is 17.3 Å². The standard InChI is InChI=1S/C12H18O/c1-8-6-7-12(3)9(2)4-5-10(8)11(12)13/h4,8,10H,5-7H2,1-3H3. The van der Waals surface area contributed by atoms with E-state index in [-0.39, 0.29) is 5.41 Å². The lowest BCUT2D eigenvalue weighted by Gasteiger charge is -2.44. The molecule has 3 atom stereocenters. The Morgan fingerprint density at radius 3 is 2.92 bits per heavy atom. The lowest BCUT2D eigenvalue weighted by Crippen LogP contribution is -2.44. The van der Waals surface area contributed by atoms with Crippen molar-refractivity contribution in [2.75, 3.05) is 0 Å². The lowest BCUT2D eigenvalue weighted by molar-refractivity contribution is -0.136. The zero-order chi connectivity index (χ0) is 9.64. The van der Waals surface area contributed by atoms with Gasteiger partial charge in [-0.05, 0) is 39.0 Å². The Labute approximate surface area is 80.2 Å². The van der Waals surface area contributed by atoms with Gasteiger partial charge in [-0.25, -0.2) is 0 Å². The molecule has 0 aromatic heterocycles. The van der Waals surface area contributed by atoms with Gasteiger partial charge < -0.3 is 0 Å². The average Bonchev–Trinajstić information content (AvgIpc) is 2.09. The first-order valence-electron chi connectivity index (χ1n) is 5.27. The molecule has 0 aliphatic heterocycles. The molecule has 0 aromatic carbocycles. The van der Waals surface area contributed by atoms with Crippen LogP contribution in [0.4, 0.5) is 0 Å². The van der Waals surface area contributed by atoms with E-state index in [4.69, 9.17) is 0 Å². The van der Waals surface area contributed by atoms with Gasteiger partial charge in [0.1, 0.15) is 5.78 Å². The van der Waals surface area contributed by atoms with Crippen molar-refractivity contribution in [2.24, 2.45) is 17.3 Å². The molecule has 72 valence electrons. The Morgan fingerprint density at radius 1 is 1.54 bits per heavy atom. The molecule has 2 bridgehead atoms. The molecule has 1 nitrogen and oxygen atoms in total. The number of ketones is 1. The van der Waals surface area contributed by atoms with Gasteiger partial charge in [0.2, 0.25) is 0 Å². The summed E-state index contributed by atoms with van der Waals surface area (Å²) < 4.78 is 0. The first kappa shape index (κ1) is 8.98. The fourth-order valence-electron chi connectivity index (χ4n) is 2.77. The Balaban J connectivity index is 2.41. The second-order valence-corrected chi connectivity index (χ2v) is 4.94. The normalized spacial score (nSPS) is 44.5. The smallest absolute Gasteiger partial charge is 0.146 e. The first-order valence-corrected chi connectivity index (χ1v) is 5.27. The van der Waals surface area contributed by atoms with E-state index in [9.17, 15) is 4.79 Å². The number of hydrogen-bond acceptors (Lipinski definition) is 1. The SMILES string of the molecule is CC1=CCC2C(=O)C1(C)CCC2C. The van der Waals surface area contributed by atoms with Crippen molar-refractivity contribution in [1.29, 1.82) is 0 Å². The number of hydrogen-bond donors (Lipinski definition) is 0. The minimum atomic E-state index is -0.102. The maximum Gasteiger partial charge on any atom is 0.146 e. The molecule has 0 aromatic rings. The van der Waals surface area contributed by atoms with Crippen molar-refractivity contribution in [3.8, 4) is 0 Å². The Hall–Kier alpha value is -0.590. The summed E-state index contributed by atoms with van der Waals surface area (Å²) in [4.78, 5) is 12.1. The molecule has 0 spiro atoms. The third-order valence-electron chi connectivity index (χ3n) is 4.22. The number of fused-ring (bicyclic) bond motifs is 2. The van der Waals surface area contributed by atoms with Gasteiger partial charge in [0, 0.05) is 11.3 Å². The van der Waals surface area contributed by atoms with Crippen molar-refractivity contribution in [1.82, 2.24) is 0 Å². The monoisotopic (exact) mass is 178 g/mol. The highest BCUT2D eigenvalue weighted by atomic mass is 16.1. The fraction of sp³-hybridized carbons (Fsp3) is 0.750. The van der Waals surface area contributed by atoms with Gasteiger partial charge in [-0.15, -0.1) is 0 Å². The number of rotatable bonds is 0. The molecule has 0 heterocycles. The zero-order valence-corrected chi connectivity index (χ0v) is 8.76. The van der Waals surface area contributed by atoms with Gasteiger partial charge in [-0.1, -0.05) is 18.6 Å². The lowest BCUT2D eigenvalue weighted by atomic mass is 9.59. The Morgan fingerprint density at radius 2 is 2.23 bits per heavy atom. The summed E-state index contributed by atoms with van der Waals surface area (Å²) in [5, 5.41) is 0. The van der Waals surface area contributed by atoms with E-state index in [0.717, 1.165) is 12.8 Å². The molecule has 1 heteroatoms. The maximum absolute atomic E-state index is 12.1. The summed E-state index contributed by atoms with van der Waals surface area (Å²) in [5.41, 5.74) is 1.20. The zero-order valence-electron chi connectivity index (χ0n) is 8.76. The van der Waals surface area contributed by atoms with E-state index in [1.165, 1.54) is 12.0 Å². The molecule has 1 fully saturated rings. The van der Waals surface area contributed by atoms with Gasteiger partial charge in [-0.3, -0.25) is 4.79 Å². The summed E-state index contributed by atoms with van der Waals surface area (Å²) in [7, 11) is 0. The predicted molar refractivity (Wildman–Crippen MR) is 53.4 cm³/mol. The first-order chi connectivity index (χ1) is 6.05. The summed E-state index contributed by atoms with van der Waals surface area (Å²) in [6.07, 6.45) is 5.55. The van der Waals surface area contributed by atoms with Gasteiger partial charge in [0.25, 0.3) is 0 Å². The minimum absolute atomic E-state index is 0.102. The molecule has 0 saturated heterocycles. The Bertz CT molecular complexity index is 277. The number of Topliss-reactive ketones (excluding diaryl/α,β-unsaturated/α-hetero) is 1. The van der Waals surface area contributed by atoms with Crippen molar-refractivity contribution in [3.63, 3.8) is 0 Å². The molecule has 0 radical (unpaired) electrons. The predicted octanol–water partition coefficient (Wildman–Crippen LogP) is 2.96. The highest BCUT2D eigenvalue weighted by Gasteiger charge is 2.46. The second kappa shape index (κ2) is 2.70. The van der Waals surface area contributed by atoms with Gasteiger partial charge in [-0.2, -0.15) is 0 Å². The van der Waals surface area contributed by atoms with Crippen molar-refractivity contribution >= 4 is 5.78 Å². The van der Waals surface area contributed by atoms with E-state index >= 15 is 0 Å². The summed E-state index contributed by atoms with van der Waals surface area (Å²) in [6.45, 7) is 6.46. The van der Waals surface area contributed by atoms with Crippen molar-refractivity contribution < 1.29 is 4.79 Å². The van der Waals surface area contributed by atoms with Crippen LogP contribution in [0.3, 0.4) is 0 Å². The van der Waals surface area contributed by atoms with Crippen LogP contribution in [0.1, 0.15) is 40.0 Å². The third-order valence-corrected chi connectivity index (χ3v) is 4.22. The number of carbonyl (C=O) groups is 1. The highest BCUT2D eigenvalue weighted by Crippen LogP contribution is 2.48. The summed E-state index contributed by atoms with van der Waals surface area (Å²) >= 11 is 0. The van der Waals surface area contributed by atoms with Crippen LogP contribution in [0.15, 0.2) is 11.6 Å². The molecule has 2 rings (SSSR count). The van der Waals surface area contributed by atoms with Crippen LogP contribution >= 0.6 is 0 Å². The quantitative estimate of drug-likeness (QED) is 0.521. The van der Waals surface area contributed by atoms with E-state index in [0.29, 0.717) is 17.6 Å². The minimum Gasteiger partial charge on any atom is -0.298 e. The fourth-order valence-corrected chi connectivity index (χ4v) is 2.77. The molecule has 2 aliphatic carbocycles. The topological polar surface area (TPSA) is 17.1 Å². The summed E-state index contributed by atoms with van der Waals surface area (Å²) in [5.74, 6) is 1.43. The van der Waals surface area contributed by atoms with Crippen molar-refractivity contribution in [2.45, 2.75) is 40.0 Å². The molecule has 2 aliphatic rings. The largest absolute Gasteiger partial charge is 0.298 e. The number of carbonyl (C=O) groups excluding carboxylic acids is 1. The third kappa shape index (κ3) is 1.09. The van der Waals surface area contributed by atoms with Crippen LogP contribution in [-0.2, 0) is 4.79 Å². The number of allylic oxidation sites excluding steroid dienone is 2. The Kier molecular flexibility index (Phi) is 1.86. The van der Waals surface area contributed by atoms with Gasteiger partial charge in [0.05, 0.1) is 0 Å². The highest BCUT2D eigenvalue weighted by molar-refractivity contribution is 5.91. The molecular formula is C12H18O. The van der Waals surface area contributed by atoms with Crippen LogP contribution in [0.25, 0.3) is 0 Å². The van der Waals surface area contributed by atoms with Crippen LogP contribution in [0.2, 0.25) is 0 Å².